The Balaban J connectivity index is 1.75. The summed E-state index contributed by atoms with van der Waals surface area (Å²) in [6.45, 7) is 9.57. The Morgan fingerprint density at radius 3 is 2.54 bits per heavy atom. The third-order valence-corrected chi connectivity index (χ3v) is 7.69. The summed E-state index contributed by atoms with van der Waals surface area (Å²) in [4.78, 5) is 18.6. The highest BCUT2D eigenvalue weighted by molar-refractivity contribution is 7.21. The van der Waals surface area contributed by atoms with Crippen molar-refractivity contribution in [1.29, 1.82) is 0 Å². The van der Waals surface area contributed by atoms with Crippen LogP contribution in [0, 0.1) is 19.8 Å². The summed E-state index contributed by atoms with van der Waals surface area (Å²) in [5.41, 5.74) is 1.97. The minimum atomic E-state index is -1.14. The number of methoxy groups -OCH3 is 1. The smallest absolute Gasteiger partial charge is 0.224 e. The molecule has 1 aliphatic rings. The van der Waals surface area contributed by atoms with Gasteiger partial charge in [-0.1, -0.05) is 0 Å². The number of fused-ring (bicyclic) bond motifs is 1. The lowest BCUT2D eigenvalue weighted by molar-refractivity contribution is -0.0601. The van der Waals surface area contributed by atoms with E-state index in [2.05, 4.69) is 20.6 Å². The molecule has 0 aromatic carbocycles. The molecule has 35 heavy (non-hydrogen) atoms. The van der Waals surface area contributed by atoms with E-state index in [0.717, 1.165) is 26.5 Å². The Bertz CT molecular complexity index is 1200. The fraction of sp³-hybridized carbons (Fsp3) is 0.583. The molecule has 0 spiro atoms. The van der Waals surface area contributed by atoms with Gasteiger partial charge in [0.1, 0.15) is 22.4 Å². The molecule has 3 aromatic heterocycles. The van der Waals surface area contributed by atoms with E-state index in [0.29, 0.717) is 30.4 Å². The van der Waals surface area contributed by atoms with Gasteiger partial charge in [-0.05, 0) is 47.1 Å². The molecule has 1 fully saturated rings. The predicted molar refractivity (Wildman–Crippen MR) is 137 cm³/mol. The van der Waals surface area contributed by atoms with Crippen LogP contribution in [0.15, 0.2) is 12.3 Å². The van der Waals surface area contributed by atoms with E-state index >= 15 is 0 Å². The molecule has 0 unspecified atom stereocenters. The van der Waals surface area contributed by atoms with Crippen molar-refractivity contribution in [2.75, 3.05) is 24.3 Å². The summed E-state index contributed by atoms with van der Waals surface area (Å²) in [5.74, 6) is 0.434. The van der Waals surface area contributed by atoms with Crippen LogP contribution in [0.3, 0.4) is 0 Å². The van der Waals surface area contributed by atoms with Crippen molar-refractivity contribution in [3.8, 4) is 10.6 Å². The first-order chi connectivity index (χ1) is 16.5. The average Bonchev–Trinajstić information content (AvgIpc) is 3.34. The zero-order valence-corrected chi connectivity index (χ0v) is 21.7. The number of aliphatic hydroxyl groups is 3. The lowest BCUT2D eigenvalue weighted by Crippen LogP contribution is -2.40. The van der Waals surface area contributed by atoms with Crippen LogP contribution in [-0.4, -0.2) is 78.9 Å². The Morgan fingerprint density at radius 1 is 1.17 bits per heavy atom. The topological polar surface area (TPSA) is 146 Å². The molecule has 190 valence electrons. The maximum Gasteiger partial charge on any atom is 0.224 e. The molecular formula is C24H34N6O4S. The predicted octanol–water partition coefficient (Wildman–Crippen LogP) is 2.51. The maximum atomic E-state index is 10.8. The molecule has 0 saturated heterocycles. The van der Waals surface area contributed by atoms with Gasteiger partial charge in [0.15, 0.2) is 0 Å². The van der Waals surface area contributed by atoms with E-state index in [1.165, 1.54) is 11.3 Å². The molecule has 11 heteroatoms. The normalized spacial score (nSPS) is 23.6. The van der Waals surface area contributed by atoms with Crippen LogP contribution in [0.5, 0.6) is 0 Å². The fourth-order valence-corrected chi connectivity index (χ4v) is 5.59. The van der Waals surface area contributed by atoms with Crippen molar-refractivity contribution >= 4 is 33.3 Å². The average molecular weight is 503 g/mol. The number of hydrogen-bond donors (Lipinski definition) is 5. The lowest BCUT2D eigenvalue weighted by atomic mass is 9.88. The van der Waals surface area contributed by atoms with Gasteiger partial charge in [0, 0.05) is 25.8 Å². The van der Waals surface area contributed by atoms with Crippen molar-refractivity contribution in [3.05, 3.63) is 23.7 Å². The standard InChI is InChI=1S/C24H34N6O4S/c1-11(34-6)10-26-23-27-12(2)17(22-29-18-13(3)25-8-7-16(18)35-22)21(30-23)28-15-9-14(24(4,5)33)19(31)20(15)32/h7-8,11,14-15,19-20,31-33H,9-10H2,1-6H3,(H2,26,27,28,30)/t11-,14-,15+,19+,20-/m0/s1. The summed E-state index contributed by atoms with van der Waals surface area (Å²) in [6.07, 6.45) is -0.0228. The summed E-state index contributed by atoms with van der Waals surface area (Å²) < 4.78 is 6.32. The van der Waals surface area contributed by atoms with Gasteiger partial charge in [-0.25, -0.2) is 9.97 Å². The van der Waals surface area contributed by atoms with E-state index in [1.54, 1.807) is 27.2 Å². The molecular weight excluding hydrogens is 468 g/mol. The van der Waals surface area contributed by atoms with Crippen molar-refractivity contribution in [1.82, 2.24) is 19.9 Å². The van der Waals surface area contributed by atoms with Crippen LogP contribution in [0.4, 0.5) is 11.8 Å². The number of hydrogen-bond acceptors (Lipinski definition) is 11. The molecule has 0 bridgehead atoms. The molecule has 0 aliphatic heterocycles. The summed E-state index contributed by atoms with van der Waals surface area (Å²) in [7, 11) is 1.64. The first-order valence-electron chi connectivity index (χ1n) is 11.7. The highest BCUT2D eigenvalue weighted by Crippen LogP contribution is 2.40. The van der Waals surface area contributed by atoms with Crippen LogP contribution in [0.1, 0.15) is 38.6 Å². The van der Waals surface area contributed by atoms with E-state index in [1.807, 2.05) is 26.8 Å². The number of aliphatic hydroxyl groups excluding tert-OH is 2. The second kappa shape index (κ2) is 9.90. The SMILES string of the molecule is CO[C@@H](C)CNc1nc(C)c(-c2nc3c(C)nccc3s2)c(N[C@@H]2C[C@H](C(C)(C)O)[C@@H](O)[C@H]2O)n1. The second-order valence-corrected chi connectivity index (χ2v) is 10.8. The van der Waals surface area contributed by atoms with Gasteiger partial charge in [0.05, 0.1) is 45.5 Å². The molecule has 0 amide bonds. The van der Waals surface area contributed by atoms with E-state index in [4.69, 9.17) is 14.7 Å². The van der Waals surface area contributed by atoms with E-state index in [-0.39, 0.29) is 6.10 Å². The van der Waals surface area contributed by atoms with Crippen LogP contribution >= 0.6 is 11.3 Å². The van der Waals surface area contributed by atoms with Crippen LogP contribution in [-0.2, 0) is 4.74 Å². The Kier molecular flexibility index (Phi) is 7.26. The Morgan fingerprint density at radius 2 is 1.91 bits per heavy atom. The molecule has 3 heterocycles. The molecule has 3 aromatic rings. The Hall–Kier alpha value is -2.44. The van der Waals surface area contributed by atoms with Gasteiger partial charge in [-0.15, -0.1) is 11.3 Å². The number of pyridine rings is 1. The van der Waals surface area contributed by atoms with Crippen LogP contribution < -0.4 is 10.6 Å². The van der Waals surface area contributed by atoms with Gasteiger partial charge in [0.25, 0.3) is 0 Å². The van der Waals surface area contributed by atoms with Gasteiger partial charge in [-0.2, -0.15) is 4.98 Å². The number of ether oxygens (including phenoxy) is 1. The molecule has 10 nitrogen and oxygen atoms in total. The van der Waals surface area contributed by atoms with Crippen molar-refractivity contribution in [2.24, 2.45) is 5.92 Å². The summed E-state index contributed by atoms with van der Waals surface area (Å²) >= 11 is 1.52. The number of anilines is 2. The molecule has 5 N–H and O–H groups in total. The largest absolute Gasteiger partial charge is 0.390 e. The zero-order chi connectivity index (χ0) is 25.5. The second-order valence-electron chi connectivity index (χ2n) is 9.77. The molecule has 5 atom stereocenters. The molecule has 1 saturated carbocycles. The highest BCUT2D eigenvalue weighted by Gasteiger charge is 2.48. The number of aromatic nitrogens is 4. The zero-order valence-electron chi connectivity index (χ0n) is 20.9. The number of thiazole rings is 1. The first kappa shape index (κ1) is 25.6. The summed E-state index contributed by atoms with van der Waals surface area (Å²) in [5, 5.41) is 39.2. The number of nitrogens with one attached hydrogen (secondary N) is 2. The fourth-order valence-electron chi connectivity index (χ4n) is 4.47. The van der Waals surface area contributed by atoms with Crippen LogP contribution in [0.2, 0.25) is 0 Å². The molecule has 0 radical (unpaired) electrons. The van der Waals surface area contributed by atoms with E-state index < -0.39 is 29.8 Å². The van der Waals surface area contributed by atoms with Crippen molar-refractivity contribution in [3.63, 3.8) is 0 Å². The number of nitrogens with zero attached hydrogens (tertiary/aromatic N) is 4. The monoisotopic (exact) mass is 502 g/mol. The quantitative estimate of drug-likeness (QED) is 0.311. The highest BCUT2D eigenvalue weighted by atomic mass is 32.1. The van der Waals surface area contributed by atoms with Crippen LogP contribution in [0.25, 0.3) is 20.8 Å². The van der Waals surface area contributed by atoms with Crippen molar-refractivity contribution in [2.45, 2.75) is 71.0 Å². The summed E-state index contributed by atoms with van der Waals surface area (Å²) in [6, 6.07) is 1.41. The molecule has 4 rings (SSSR count). The van der Waals surface area contributed by atoms with Gasteiger partial charge >= 0.3 is 0 Å². The Labute approximate surface area is 208 Å². The van der Waals surface area contributed by atoms with Gasteiger partial charge < -0.3 is 30.7 Å². The lowest BCUT2D eigenvalue weighted by Gasteiger charge is -2.28. The first-order valence-corrected chi connectivity index (χ1v) is 12.5. The van der Waals surface area contributed by atoms with Gasteiger partial charge in [0.2, 0.25) is 5.95 Å². The van der Waals surface area contributed by atoms with E-state index in [9.17, 15) is 15.3 Å². The third-order valence-electron chi connectivity index (χ3n) is 6.66. The number of rotatable bonds is 8. The van der Waals surface area contributed by atoms with Crippen molar-refractivity contribution < 1.29 is 20.1 Å². The minimum Gasteiger partial charge on any atom is -0.390 e. The molecule has 1 aliphatic carbocycles. The van der Waals surface area contributed by atoms with Gasteiger partial charge in [-0.3, -0.25) is 4.98 Å². The third kappa shape index (κ3) is 5.24. The number of aryl methyl sites for hydroxylation is 2. The minimum absolute atomic E-state index is 0.0333. The maximum absolute atomic E-state index is 10.8.